The highest BCUT2D eigenvalue weighted by Gasteiger charge is 2.18. The Labute approximate surface area is 142 Å². The molecule has 23 heavy (non-hydrogen) atoms. The van der Waals surface area contributed by atoms with Crippen LogP contribution in [0.15, 0.2) is 30.3 Å². The summed E-state index contributed by atoms with van der Waals surface area (Å²) in [5.41, 5.74) is 0.387. The van der Waals surface area contributed by atoms with Gasteiger partial charge in [0.1, 0.15) is 11.6 Å². The molecule has 1 amide bonds. The molecule has 2 aromatic carbocycles. The molecule has 3 nitrogen and oxygen atoms in total. The number of benzene rings is 2. The van der Waals surface area contributed by atoms with Gasteiger partial charge in [-0.3, -0.25) is 9.52 Å². The minimum absolute atomic E-state index is 0.291. The van der Waals surface area contributed by atoms with Crippen molar-refractivity contribution in [2.75, 3.05) is 6.26 Å². The number of hydrogen-bond acceptors (Lipinski definition) is 3. The van der Waals surface area contributed by atoms with Crippen molar-refractivity contribution in [2.24, 2.45) is 0 Å². The monoisotopic (exact) mass is 357 g/mol. The van der Waals surface area contributed by atoms with E-state index in [4.69, 9.17) is 16.3 Å². The van der Waals surface area contributed by atoms with Crippen molar-refractivity contribution < 1.29 is 18.3 Å². The van der Waals surface area contributed by atoms with Crippen LogP contribution in [-0.2, 0) is 6.42 Å². The van der Waals surface area contributed by atoms with E-state index in [9.17, 15) is 13.6 Å². The van der Waals surface area contributed by atoms with Crippen molar-refractivity contribution in [1.82, 2.24) is 4.72 Å². The number of ether oxygens (including phenoxy) is 1. The fourth-order valence-electron chi connectivity index (χ4n) is 1.97. The van der Waals surface area contributed by atoms with Gasteiger partial charge < -0.3 is 4.74 Å². The summed E-state index contributed by atoms with van der Waals surface area (Å²) in [7, 11) is 0. The maximum Gasteiger partial charge on any atom is 0.264 e. The zero-order chi connectivity index (χ0) is 17.0. The van der Waals surface area contributed by atoms with E-state index in [1.807, 2.05) is 6.92 Å². The Morgan fingerprint density at radius 2 is 1.96 bits per heavy atom. The number of hydrogen-bond donors (Lipinski definition) is 1. The lowest BCUT2D eigenvalue weighted by Crippen LogP contribution is -2.17. The molecule has 7 heteroatoms. The molecule has 0 saturated heterocycles. The molecule has 0 spiro atoms. The predicted octanol–water partition coefficient (Wildman–Crippen LogP) is 4.98. The maximum absolute atomic E-state index is 14.1. The second-order valence-corrected chi connectivity index (χ2v) is 5.65. The van der Waals surface area contributed by atoms with Gasteiger partial charge in [-0.2, -0.15) is 0 Å². The molecular formula is C16H14ClF2NO2S. The Kier molecular flexibility index (Phi) is 5.85. The van der Waals surface area contributed by atoms with Crippen molar-refractivity contribution in [3.8, 4) is 11.5 Å². The van der Waals surface area contributed by atoms with E-state index in [-0.39, 0.29) is 11.3 Å². The molecule has 2 rings (SSSR count). The molecule has 0 aliphatic heterocycles. The number of nitrogens with one attached hydrogen (secondary N) is 1. The van der Waals surface area contributed by atoms with Crippen molar-refractivity contribution in [3.63, 3.8) is 0 Å². The van der Waals surface area contributed by atoms with Crippen LogP contribution in [0.2, 0.25) is 5.02 Å². The smallest absolute Gasteiger partial charge is 0.264 e. The van der Waals surface area contributed by atoms with E-state index in [1.165, 1.54) is 0 Å². The Balaban J connectivity index is 2.35. The van der Waals surface area contributed by atoms with E-state index in [1.54, 1.807) is 24.5 Å². The highest BCUT2D eigenvalue weighted by molar-refractivity contribution is 7.97. The van der Waals surface area contributed by atoms with Gasteiger partial charge in [0.05, 0.1) is 5.56 Å². The van der Waals surface area contributed by atoms with Crippen LogP contribution >= 0.6 is 23.5 Å². The fourth-order valence-corrected chi connectivity index (χ4v) is 2.46. The minimum atomic E-state index is -0.861. The average molecular weight is 358 g/mol. The Morgan fingerprint density at radius 3 is 2.61 bits per heavy atom. The van der Waals surface area contributed by atoms with Crippen molar-refractivity contribution >= 4 is 29.5 Å². The molecule has 1 N–H and O–H groups in total. The average Bonchev–Trinajstić information content (AvgIpc) is 2.52. The molecule has 0 saturated carbocycles. The molecule has 0 bridgehead atoms. The molecule has 122 valence electrons. The quantitative estimate of drug-likeness (QED) is 0.767. The lowest BCUT2D eigenvalue weighted by Gasteiger charge is -2.12. The van der Waals surface area contributed by atoms with Gasteiger partial charge in [-0.25, -0.2) is 8.78 Å². The summed E-state index contributed by atoms with van der Waals surface area (Å²) in [4.78, 5) is 11.6. The van der Waals surface area contributed by atoms with Crippen LogP contribution in [0, 0.1) is 11.6 Å². The number of rotatable bonds is 5. The normalized spacial score (nSPS) is 10.5. The van der Waals surface area contributed by atoms with Crippen LogP contribution in [0.3, 0.4) is 0 Å². The summed E-state index contributed by atoms with van der Waals surface area (Å²) in [5, 5.41) is 0.532. The Hall–Kier alpha value is -1.79. The summed E-state index contributed by atoms with van der Waals surface area (Å²) in [5.74, 6) is -2.30. The third-order valence-corrected chi connectivity index (χ3v) is 3.71. The van der Waals surface area contributed by atoms with E-state index in [0.717, 1.165) is 29.6 Å². The summed E-state index contributed by atoms with van der Waals surface area (Å²) >= 11 is 6.90. The second-order valence-electron chi connectivity index (χ2n) is 4.61. The van der Waals surface area contributed by atoms with E-state index in [2.05, 4.69) is 4.72 Å². The maximum atomic E-state index is 14.1. The molecule has 0 unspecified atom stereocenters. The molecule has 0 aromatic heterocycles. The fraction of sp³-hybridized carbons (Fsp3) is 0.188. The van der Waals surface area contributed by atoms with E-state index in [0.29, 0.717) is 17.2 Å². The van der Waals surface area contributed by atoms with E-state index >= 15 is 0 Å². The third kappa shape index (κ3) is 4.14. The molecule has 0 radical (unpaired) electrons. The third-order valence-electron chi connectivity index (χ3n) is 3.08. The minimum Gasteiger partial charge on any atom is -0.454 e. The zero-order valence-corrected chi connectivity index (χ0v) is 14.0. The zero-order valence-electron chi connectivity index (χ0n) is 12.5. The van der Waals surface area contributed by atoms with Crippen LogP contribution in [0.25, 0.3) is 0 Å². The van der Waals surface area contributed by atoms with Gasteiger partial charge in [0.15, 0.2) is 11.6 Å². The molecule has 2 aromatic rings. The van der Waals surface area contributed by atoms with Crippen LogP contribution in [0.1, 0.15) is 22.8 Å². The molecule has 0 heterocycles. The highest BCUT2D eigenvalue weighted by Crippen LogP contribution is 2.31. The first-order valence-electron chi connectivity index (χ1n) is 6.75. The number of amides is 1. The first-order chi connectivity index (χ1) is 11.0. The summed E-state index contributed by atoms with van der Waals surface area (Å²) < 4.78 is 35.9. The van der Waals surface area contributed by atoms with Crippen LogP contribution in [0.4, 0.5) is 8.78 Å². The van der Waals surface area contributed by atoms with Gasteiger partial charge in [0, 0.05) is 17.3 Å². The first-order valence-corrected chi connectivity index (χ1v) is 8.35. The molecule has 0 aliphatic carbocycles. The molecule has 0 fully saturated rings. The van der Waals surface area contributed by atoms with E-state index < -0.39 is 17.5 Å². The van der Waals surface area contributed by atoms with Gasteiger partial charge in [-0.15, -0.1) is 0 Å². The number of carbonyl (C=O) groups is 1. The Morgan fingerprint density at radius 1 is 1.22 bits per heavy atom. The predicted molar refractivity (Wildman–Crippen MR) is 88.2 cm³/mol. The molecular weight excluding hydrogens is 344 g/mol. The van der Waals surface area contributed by atoms with Crippen molar-refractivity contribution in [2.45, 2.75) is 13.3 Å². The number of aryl methyl sites for hydroxylation is 1. The van der Waals surface area contributed by atoms with Crippen LogP contribution in [0.5, 0.6) is 11.5 Å². The lowest BCUT2D eigenvalue weighted by molar-refractivity contribution is 0.0980. The van der Waals surface area contributed by atoms with Gasteiger partial charge in [-0.1, -0.05) is 30.5 Å². The second kappa shape index (κ2) is 7.66. The molecule has 0 atom stereocenters. The first kappa shape index (κ1) is 17.6. The summed E-state index contributed by atoms with van der Waals surface area (Å²) in [6.45, 7) is 1.89. The van der Waals surface area contributed by atoms with Gasteiger partial charge in [-0.05, 0) is 36.2 Å². The van der Waals surface area contributed by atoms with Gasteiger partial charge in [0.2, 0.25) is 0 Å². The largest absolute Gasteiger partial charge is 0.454 e. The van der Waals surface area contributed by atoms with Gasteiger partial charge in [0.25, 0.3) is 5.91 Å². The topological polar surface area (TPSA) is 38.3 Å². The SMILES string of the molecule is CCc1cc(Cl)ccc1Oc1cc(F)c(C(=O)NSC)cc1F. The standard InChI is InChI=1S/C16H14ClF2NO2S/c1-3-9-6-10(17)4-5-14(9)22-15-8-12(18)11(7-13(15)19)16(21)20-23-2/h4-8H,3H2,1-2H3,(H,20,21). The van der Waals surface area contributed by atoms with Gasteiger partial charge >= 0.3 is 0 Å². The van der Waals surface area contributed by atoms with Crippen molar-refractivity contribution in [3.05, 3.63) is 58.1 Å². The van der Waals surface area contributed by atoms with Crippen LogP contribution in [-0.4, -0.2) is 12.2 Å². The highest BCUT2D eigenvalue weighted by atomic mass is 35.5. The Bertz CT molecular complexity index is 740. The van der Waals surface area contributed by atoms with Crippen molar-refractivity contribution in [1.29, 1.82) is 0 Å². The number of carbonyl (C=O) groups excluding carboxylic acids is 1. The molecule has 0 aliphatic rings. The van der Waals surface area contributed by atoms with Crippen LogP contribution < -0.4 is 9.46 Å². The summed E-state index contributed by atoms with van der Waals surface area (Å²) in [6, 6.07) is 6.57. The number of halogens is 3. The summed E-state index contributed by atoms with van der Waals surface area (Å²) in [6.07, 6.45) is 2.23. The lowest BCUT2D eigenvalue weighted by atomic mass is 10.1.